The molecule has 0 radical (unpaired) electrons. The van der Waals surface area contributed by atoms with Crippen LogP contribution in [0.25, 0.3) is 5.65 Å². The standard InChI is InChI=1S/C10H12BrN3/c1-6-3-8(11)10-13-9(7(2)12)5-14(10)4-6/h3-5,7H,12H2,1-2H3. The van der Waals surface area contributed by atoms with Crippen LogP contribution in [0.1, 0.15) is 24.2 Å². The molecular weight excluding hydrogens is 242 g/mol. The number of aryl methyl sites for hydroxylation is 1. The summed E-state index contributed by atoms with van der Waals surface area (Å²) >= 11 is 3.49. The third kappa shape index (κ3) is 1.55. The van der Waals surface area contributed by atoms with E-state index in [0.717, 1.165) is 15.8 Å². The maximum atomic E-state index is 5.77. The molecule has 0 amide bonds. The van der Waals surface area contributed by atoms with Gasteiger partial charge in [-0.3, -0.25) is 0 Å². The van der Waals surface area contributed by atoms with Crippen LogP contribution in [0.5, 0.6) is 0 Å². The molecular formula is C10H12BrN3. The Morgan fingerprint density at radius 3 is 2.86 bits per heavy atom. The molecule has 0 saturated carbocycles. The van der Waals surface area contributed by atoms with E-state index in [-0.39, 0.29) is 6.04 Å². The molecule has 0 bridgehead atoms. The lowest BCUT2D eigenvalue weighted by atomic mass is 10.3. The van der Waals surface area contributed by atoms with Crippen molar-refractivity contribution in [1.29, 1.82) is 0 Å². The minimum absolute atomic E-state index is 0.0258. The van der Waals surface area contributed by atoms with Crippen molar-refractivity contribution in [3.63, 3.8) is 0 Å². The summed E-state index contributed by atoms with van der Waals surface area (Å²) in [6.07, 6.45) is 4.01. The van der Waals surface area contributed by atoms with Gasteiger partial charge >= 0.3 is 0 Å². The van der Waals surface area contributed by atoms with Gasteiger partial charge in [-0.1, -0.05) is 0 Å². The van der Waals surface area contributed by atoms with Crippen molar-refractivity contribution in [3.8, 4) is 0 Å². The predicted molar refractivity (Wildman–Crippen MR) is 60.2 cm³/mol. The molecule has 2 aromatic rings. The minimum atomic E-state index is -0.0258. The molecule has 0 aromatic carbocycles. The number of hydrogen-bond acceptors (Lipinski definition) is 2. The van der Waals surface area contributed by atoms with E-state index in [2.05, 4.69) is 27.8 Å². The highest BCUT2D eigenvalue weighted by molar-refractivity contribution is 9.10. The topological polar surface area (TPSA) is 43.3 Å². The van der Waals surface area contributed by atoms with Gasteiger partial charge in [-0.05, 0) is 41.4 Å². The molecule has 2 N–H and O–H groups in total. The molecule has 74 valence electrons. The monoisotopic (exact) mass is 253 g/mol. The second-order valence-electron chi connectivity index (χ2n) is 3.55. The number of imidazole rings is 1. The maximum Gasteiger partial charge on any atom is 0.151 e. The van der Waals surface area contributed by atoms with Gasteiger partial charge in [-0.25, -0.2) is 4.98 Å². The van der Waals surface area contributed by atoms with Gasteiger partial charge in [-0.15, -0.1) is 0 Å². The van der Waals surface area contributed by atoms with Crippen LogP contribution < -0.4 is 5.73 Å². The molecule has 2 heterocycles. The van der Waals surface area contributed by atoms with Gasteiger partial charge in [0.05, 0.1) is 10.2 Å². The number of aromatic nitrogens is 2. The van der Waals surface area contributed by atoms with Gasteiger partial charge in [0.2, 0.25) is 0 Å². The highest BCUT2D eigenvalue weighted by Gasteiger charge is 2.08. The van der Waals surface area contributed by atoms with Crippen molar-refractivity contribution in [2.75, 3.05) is 0 Å². The second-order valence-corrected chi connectivity index (χ2v) is 4.41. The Kier molecular flexibility index (Phi) is 2.33. The molecule has 0 aliphatic rings. The molecule has 4 heteroatoms. The Labute approximate surface area is 91.1 Å². The zero-order chi connectivity index (χ0) is 10.3. The van der Waals surface area contributed by atoms with Crippen molar-refractivity contribution in [2.45, 2.75) is 19.9 Å². The summed E-state index contributed by atoms with van der Waals surface area (Å²) in [4.78, 5) is 4.44. The first-order valence-electron chi connectivity index (χ1n) is 4.48. The molecule has 3 nitrogen and oxygen atoms in total. The summed E-state index contributed by atoms with van der Waals surface area (Å²) in [6, 6.07) is 2.02. The Morgan fingerprint density at radius 2 is 2.21 bits per heavy atom. The maximum absolute atomic E-state index is 5.77. The van der Waals surface area contributed by atoms with Crippen LogP contribution in [-0.2, 0) is 0 Å². The van der Waals surface area contributed by atoms with Crippen LogP contribution in [0, 0.1) is 6.92 Å². The molecule has 1 atom stereocenters. The van der Waals surface area contributed by atoms with Crippen LogP contribution >= 0.6 is 15.9 Å². The average Bonchev–Trinajstić information content (AvgIpc) is 2.47. The summed E-state index contributed by atoms with van der Waals surface area (Å²) in [7, 11) is 0. The van der Waals surface area contributed by atoms with Crippen molar-refractivity contribution >= 4 is 21.6 Å². The van der Waals surface area contributed by atoms with E-state index in [0.29, 0.717) is 0 Å². The van der Waals surface area contributed by atoms with Crippen LogP contribution in [-0.4, -0.2) is 9.38 Å². The number of fused-ring (bicyclic) bond motifs is 1. The zero-order valence-corrected chi connectivity index (χ0v) is 9.75. The quantitative estimate of drug-likeness (QED) is 0.849. The van der Waals surface area contributed by atoms with Crippen molar-refractivity contribution in [2.24, 2.45) is 5.73 Å². The SMILES string of the molecule is Cc1cc(Br)c2nc(C(C)N)cn2c1. The predicted octanol–water partition coefficient (Wildman–Crippen LogP) is 2.42. The fourth-order valence-corrected chi connectivity index (χ4v) is 2.08. The highest BCUT2D eigenvalue weighted by Crippen LogP contribution is 2.20. The fourth-order valence-electron chi connectivity index (χ4n) is 1.43. The largest absolute Gasteiger partial charge is 0.323 e. The van der Waals surface area contributed by atoms with E-state index >= 15 is 0 Å². The van der Waals surface area contributed by atoms with Gasteiger partial charge < -0.3 is 10.1 Å². The molecule has 0 aliphatic carbocycles. The number of nitrogens with zero attached hydrogens (tertiary/aromatic N) is 2. The van der Waals surface area contributed by atoms with Crippen molar-refractivity contribution < 1.29 is 0 Å². The molecule has 0 fully saturated rings. The Bertz CT molecular complexity index is 473. The van der Waals surface area contributed by atoms with Gasteiger partial charge in [-0.2, -0.15) is 0 Å². The molecule has 2 aromatic heterocycles. The van der Waals surface area contributed by atoms with Crippen LogP contribution in [0.2, 0.25) is 0 Å². The third-order valence-corrected chi connectivity index (χ3v) is 2.71. The first kappa shape index (κ1) is 9.68. The zero-order valence-electron chi connectivity index (χ0n) is 8.16. The number of rotatable bonds is 1. The first-order chi connectivity index (χ1) is 6.58. The van der Waals surface area contributed by atoms with Gasteiger partial charge in [0.1, 0.15) is 0 Å². The number of halogens is 1. The summed E-state index contributed by atoms with van der Waals surface area (Å²) in [5, 5.41) is 0. The summed E-state index contributed by atoms with van der Waals surface area (Å²) in [5.41, 5.74) is 8.80. The first-order valence-corrected chi connectivity index (χ1v) is 5.27. The van der Waals surface area contributed by atoms with Crippen LogP contribution in [0.4, 0.5) is 0 Å². The Balaban J connectivity index is 2.70. The molecule has 2 rings (SSSR count). The molecule has 0 saturated heterocycles. The van der Waals surface area contributed by atoms with Crippen LogP contribution in [0.3, 0.4) is 0 Å². The van der Waals surface area contributed by atoms with Crippen LogP contribution in [0.15, 0.2) is 22.9 Å². The van der Waals surface area contributed by atoms with E-state index in [1.54, 1.807) is 0 Å². The highest BCUT2D eigenvalue weighted by atomic mass is 79.9. The second kappa shape index (κ2) is 3.37. The average molecular weight is 254 g/mol. The fraction of sp³-hybridized carbons (Fsp3) is 0.300. The van der Waals surface area contributed by atoms with E-state index in [9.17, 15) is 0 Å². The summed E-state index contributed by atoms with van der Waals surface area (Å²) in [5.74, 6) is 0. The Hall–Kier alpha value is -0.870. The molecule has 0 spiro atoms. The van der Waals surface area contributed by atoms with E-state index in [4.69, 9.17) is 5.73 Å². The molecule has 0 aliphatic heterocycles. The molecule has 1 unspecified atom stereocenters. The number of nitrogens with two attached hydrogens (primary N) is 1. The molecule has 14 heavy (non-hydrogen) atoms. The summed E-state index contributed by atoms with van der Waals surface area (Å²) in [6.45, 7) is 3.98. The number of pyridine rings is 1. The van der Waals surface area contributed by atoms with E-state index in [1.807, 2.05) is 29.8 Å². The number of hydrogen-bond donors (Lipinski definition) is 1. The van der Waals surface area contributed by atoms with Crippen molar-refractivity contribution in [1.82, 2.24) is 9.38 Å². The van der Waals surface area contributed by atoms with Gasteiger partial charge in [0, 0.05) is 18.4 Å². The summed E-state index contributed by atoms with van der Waals surface area (Å²) < 4.78 is 3.00. The lowest BCUT2D eigenvalue weighted by Gasteiger charge is -1.97. The third-order valence-electron chi connectivity index (χ3n) is 2.13. The van der Waals surface area contributed by atoms with E-state index < -0.39 is 0 Å². The lowest BCUT2D eigenvalue weighted by molar-refractivity contribution is 0.790. The lowest BCUT2D eigenvalue weighted by Crippen LogP contribution is -2.04. The normalized spacial score (nSPS) is 13.4. The Morgan fingerprint density at radius 1 is 1.50 bits per heavy atom. The minimum Gasteiger partial charge on any atom is -0.323 e. The van der Waals surface area contributed by atoms with Crippen molar-refractivity contribution in [3.05, 3.63) is 34.2 Å². The van der Waals surface area contributed by atoms with Gasteiger partial charge in [0.15, 0.2) is 5.65 Å². The van der Waals surface area contributed by atoms with Gasteiger partial charge in [0.25, 0.3) is 0 Å². The smallest absolute Gasteiger partial charge is 0.151 e. The van der Waals surface area contributed by atoms with E-state index in [1.165, 1.54) is 5.56 Å².